The lowest BCUT2D eigenvalue weighted by atomic mass is 9.95. The van der Waals surface area contributed by atoms with Crippen LogP contribution in [-0.4, -0.2) is 19.5 Å². The number of rotatable bonds is 4. The van der Waals surface area contributed by atoms with Gasteiger partial charge in [0.15, 0.2) is 0 Å². The molecule has 1 aliphatic rings. The number of nitrogens with zero attached hydrogens (tertiary/aromatic N) is 1. The highest BCUT2D eigenvalue weighted by Gasteiger charge is 2.25. The lowest BCUT2D eigenvalue weighted by molar-refractivity contribution is -0.126. The van der Waals surface area contributed by atoms with E-state index in [2.05, 4.69) is 49.3 Å². The van der Waals surface area contributed by atoms with Gasteiger partial charge >= 0.3 is 0 Å². The van der Waals surface area contributed by atoms with Crippen LogP contribution in [-0.2, 0) is 4.79 Å². The minimum atomic E-state index is 0.145. The van der Waals surface area contributed by atoms with Crippen molar-refractivity contribution < 1.29 is 4.79 Å². The molecular formula is C16H24N2O. The monoisotopic (exact) mass is 260 g/mol. The van der Waals surface area contributed by atoms with Gasteiger partial charge in [-0.3, -0.25) is 4.79 Å². The minimum absolute atomic E-state index is 0.145. The molecule has 0 aliphatic carbocycles. The Bertz CT molecular complexity index is 440. The summed E-state index contributed by atoms with van der Waals surface area (Å²) >= 11 is 0. The highest BCUT2D eigenvalue weighted by molar-refractivity contribution is 5.79. The number of amides is 1. The van der Waals surface area contributed by atoms with Gasteiger partial charge in [-0.05, 0) is 30.9 Å². The molecule has 1 amide bonds. The molecule has 1 unspecified atom stereocenters. The van der Waals surface area contributed by atoms with Gasteiger partial charge in [0.2, 0.25) is 5.91 Å². The molecule has 19 heavy (non-hydrogen) atoms. The number of para-hydroxylation sites is 1. The quantitative estimate of drug-likeness (QED) is 0.902. The van der Waals surface area contributed by atoms with Crippen molar-refractivity contribution in [3.05, 3.63) is 29.8 Å². The number of hydrogen-bond acceptors (Lipinski definition) is 2. The number of hydrogen-bond donors (Lipinski definition) is 1. The van der Waals surface area contributed by atoms with E-state index in [-0.39, 0.29) is 17.9 Å². The molecule has 104 valence electrons. The Morgan fingerprint density at radius 1 is 1.37 bits per heavy atom. The lowest BCUT2D eigenvalue weighted by Crippen LogP contribution is -2.38. The Morgan fingerprint density at radius 2 is 2.05 bits per heavy atom. The van der Waals surface area contributed by atoms with Crippen LogP contribution in [0.25, 0.3) is 0 Å². The van der Waals surface area contributed by atoms with Crippen LogP contribution in [0.3, 0.4) is 0 Å². The first kappa shape index (κ1) is 13.9. The maximum absolute atomic E-state index is 12.2. The van der Waals surface area contributed by atoms with Crippen molar-refractivity contribution in [3.8, 4) is 0 Å². The molecule has 1 N–H and O–H groups in total. The molecular weight excluding hydrogens is 236 g/mol. The number of anilines is 1. The first-order valence-electron chi connectivity index (χ1n) is 7.27. The molecule has 0 fully saturated rings. The van der Waals surface area contributed by atoms with Crippen molar-refractivity contribution in [3.63, 3.8) is 0 Å². The molecule has 0 saturated heterocycles. The number of nitrogens with one attached hydrogen (secondary N) is 1. The van der Waals surface area contributed by atoms with Crippen LogP contribution in [0.2, 0.25) is 0 Å². The fraction of sp³-hybridized carbons (Fsp3) is 0.562. The highest BCUT2D eigenvalue weighted by atomic mass is 16.1. The maximum atomic E-state index is 12.2. The van der Waals surface area contributed by atoms with Gasteiger partial charge in [-0.1, -0.05) is 32.0 Å². The van der Waals surface area contributed by atoms with Crippen molar-refractivity contribution in [2.24, 2.45) is 5.92 Å². The second-order valence-corrected chi connectivity index (χ2v) is 5.34. The smallest absolute Gasteiger partial charge is 0.223 e. The standard InChI is InChI=1S/C16H24N2O/c1-4-12(5-2)16(19)17-14-10-11-18(3)15-9-7-6-8-13(14)15/h6-9,12,14H,4-5,10-11H2,1-3H3,(H,17,19). The fourth-order valence-electron chi connectivity index (χ4n) is 2.83. The Kier molecular flexibility index (Phi) is 4.46. The van der Waals surface area contributed by atoms with Crippen LogP contribution in [0.5, 0.6) is 0 Å². The average Bonchev–Trinajstić information content (AvgIpc) is 2.44. The van der Waals surface area contributed by atoms with Crippen molar-refractivity contribution in [1.29, 1.82) is 0 Å². The summed E-state index contributed by atoms with van der Waals surface area (Å²) in [7, 11) is 2.11. The maximum Gasteiger partial charge on any atom is 0.223 e. The zero-order valence-corrected chi connectivity index (χ0v) is 12.1. The van der Waals surface area contributed by atoms with Crippen molar-refractivity contribution in [2.75, 3.05) is 18.5 Å². The molecule has 0 saturated carbocycles. The van der Waals surface area contributed by atoms with E-state index in [1.54, 1.807) is 0 Å². The molecule has 3 nitrogen and oxygen atoms in total. The van der Waals surface area contributed by atoms with E-state index in [1.165, 1.54) is 11.3 Å². The van der Waals surface area contributed by atoms with Gasteiger partial charge in [0, 0.05) is 25.2 Å². The Labute approximate surface area is 116 Å². The summed E-state index contributed by atoms with van der Waals surface area (Å²) in [4.78, 5) is 14.5. The topological polar surface area (TPSA) is 32.3 Å². The van der Waals surface area contributed by atoms with Crippen LogP contribution >= 0.6 is 0 Å². The predicted molar refractivity (Wildman–Crippen MR) is 79.3 cm³/mol. The third-order valence-electron chi connectivity index (χ3n) is 4.15. The van der Waals surface area contributed by atoms with Crippen molar-refractivity contribution in [2.45, 2.75) is 39.2 Å². The fourth-order valence-corrected chi connectivity index (χ4v) is 2.83. The van der Waals surface area contributed by atoms with E-state index in [1.807, 2.05) is 6.07 Å². The second kappa shape index (κ2) is 6.09. The minimum Gasteiger partial charge on any atom is -0.374 e. The first-order chi connectivity index (χ1) is 9.17. The van der Waals surface area contributed by atoms with Gasteiger partial charge in [0.05, 0.1) is 6.04 Å². The zero-order valence-electron chi connectivity index (χ0n) is 12.1. The lowest BCUT2D eigenvalue weighted by Gasteiger charge is -2.34. The molecule has 0 aromatic heterocycles. The zero-order chi connectivity index (χ0) is 13.8. The predicted octanol–water partition coefficient (Wildman–Crippen LogP) is 3.12. The van der Waals surface area contributed by atoms with Crippen LogP contribution < -0.4 is 10.2 Å². The molecule has 1 heterocycles. The largest absolute Gasteiger partial charge is 0.374 e. The van der Waals surface area contributed by atoms with Gasteiger partial charge in [0.25, 0.3) is 0 Å². The van der Waals surface area contributed by atoms with E-state index in [0.29, 0.717) is 0 Å². The summed E-state index contributed by atoms with van der Waals surface area (Å²) in [5, 5.41) is 3.23. The molecule has 0 spiro atoms. The highest BCUT2D eigenvalue weighted by Crippen LogP contribution is 2.32. The molecule has 0 radical (unpaired) electrons. The van der Waals surface area contributed by atoms with Gasteiger partial charge in [-0.2, -0.15) is 0 Å². The Hall–Kier alpha value is -1.51. The van der Waals surface area contributed by atoms with Gasteiger partial charge in [-0.15, -0.1) is 0 Å². The first-order valence-corrected chi connectivity index (χ1v) is 7.27. The molecule has 0 bridgehead atoms. The van der Waals surface area contributed by atoms with E-state index < -0.39 is 0 Å². The van der Waals surface area contributed by atoms with E-state index in [0.717, 1.165) is 25.8 Å². The van der Waals surface area contributed by atoms with Crippen LogP contribution in [0, 0.1) is 5.92 Å². The third-order valence-corrected chi connectivity index (χ3v) is 4.15. The van der Waals surface area contributed by atoms with Crippen LogP contribution in [0.15, 0.2) is 24.3 Å². The number of carbonyl (C=O) groups excluding carboxylic acids is 1. The Balaban J connectivity index is 2.14. The third kappa shape index (κ3) is 2.91. The normalized spacial score (nSPS) is 18.3. The summed E-state index contributed by atoms with van der Waals surface area (Å²) in [5.74, 6) is 0.348. The van der Waals surface area contributed by atoms with Crippen molar-refractivity contribution >= 4 is 11.6 Å². The summed E-state index contributed by atoms with van der Waals surface area (Å²) in [6.45, 7) is 5.15. The van der Waals surface area contributed by atoms with Gasteiger partial charge in [0.1, 0.15) is 0 Å². The molecule has 1 atom stereocenters. The number of carbonyl (C=O) groups is 1. The van der Waals surface area contributed by atoms with E-state index >= 15 is 0 Å². The van der Waals surface area contributed by atoms with Gasteiger partial charge in [-0.25, -0.2) is 0 Å². The molecule has 3 heteroatoms. The summed E-state index contributed by atoms with van der Waals surface area (Å²) in [6, 6.07) is 8.53. The molecule has 1 aromatic rings. The summed E-state index contributed by atoms with van der Waals surface area (Å²) in [5.41, 5.74) is 2.49. The number of benzene rings is 1. The SMILES string of the molecule is CCC(CC)C(=O)NC1CCN(C)c2ccccc21. The summed E-state index contributed by atoms with van der Waals surface area (Å²) < 4.78 is 0. The Morgan fingerprint density at radius 3 is 2.74 bits per heavy atom. The molecule has 1 aromatic carbocycles. The van der Waals surface area contributed by atoms with E-state index in [9.17, 15) is 4.79 Å². The molecule has 2 rings (SSSR count). The van der Waals surface area contributed by atoms with Crippen molar-refractivity contribution in [1.82, 2.24) is 5.32 Å². The van der Waals surface area contributed by atoms with Crippen LogP contribution in [0.1, 0.15) is 44.7 Å². The summed E-state index contributed by atoms with van der Waals surface area (Å²) in [6.07, 6.45) is 2.81. The molecule has 1 aliphatic heterocycles. The second-order valence-electron chi connectivity index (χ2n) is 5.34. The van der Waals surface area contributed by atoms with Gasteiger partial charge < -0.3 is 10.2 Å². The van der Waals surface area contributed by atoms with Crippen LogP contribution in [0.4, 0.5) is 5.69 Å². The average molecular weight is 260 g/mol. The number of fused-ring (bicyclic) bond motifs is 1. The van der Waals surface area contributed by atoms with E-state index in [4.69, 9.17) is 0 Å².